The second-order valence-corrected chi connectivity index (χ2v) is 6.59. The van der Waals surface area contributed by atoms with Gasteiger partial charge in [0.05, 0.1) is 19.0 Å². The van der Waals surface area contributed by atoms with Gasteiger partial charge in [-0.2, -0.15) is 5.10 Å². The average Bonchev–Trinajstić information content (AvgIpc) is 3.20. The van der Waals surface area contributed by atoms with E-state index in [1.54, 1.807) is 41.0 Å². The van der Waals surface area contributed by atoms with Crippen molar-refractivity contribution in [1.29, 1.82) is 0 Å². The van der Waals surface area contributed by atoms with Gasteiger partial charge in [-0.1, -0.05) is 18.2 Å². The number of ether oxygens (including phenoxy) is 2. The number of rotatable bonds is 8. The number of aromatic nitrogens is 2. The highest BCUT2D eigenvalue weighted by atomic mass is 16.5. The van der Waals surface area contributed by atoms with Crippen LogP contribution in [0.5, 0.6) is 11.5 Å². The fourth-order valence-corrected chi connectivity index (χ4v) is 2.78. The van der Waals surface area contributed by atoms with Gasteiger partial charge in [0.15, 0.2) is 23.9 Å². The van der Waals surface area contributed by atoms with E-state index in [0.717, 1.165) is 11.3 Å². The Balaban J connectivity index is 1.59. The number of carbonyl (C=O) groups is 2. The Morgan fingerprint density at radius 3 is 2.55 bits per heavy atom. The Morgan fingerprint density at radius 1 is 1.10 bits per heavy atom. The van der Waals surface area contributed by atoms with Gasteiger partial charge in [-0.05, 0) is 37.3 Å². The van der Waals surface area contributed by atoms with E-state index in [9.17, 15) is 9.59 Å². The number of methoxy groups -OCH3 is 1. The molecule has 0 atom stereocenters. The molecular weight excluding hydrogens is 370 g/mol. The third-order valence-corrected chi connectivity index (χ3v) is 4.42. The van der Waals surface area contributed by atoms with Crippen LogP contribution in [-0.2, 0) is 11.3 Å². The molecule has 0 unspecified atom stereocenters. The Morgan fingerprint density at radius 2 is 1.86 bits per heavy atom. The first kappa shape index (κ1) is 20.1. The van der Waals surface area contributed by atoms with Crippen LogP contribution < -0.4 is 9.47 Å². The first-order chi connectivity index (χ1) is 14.0. The number of ketones is 1. The smallest absolute Gasteiger partial charge is 0.260 e. The summed E-state index contributed by atoms with van der Waals surface area (Å²) in [6, 6.07) is 14.6. The molecule has 1 heterocycles. The zero-order valence-corrected chi connectivity index (χ0v) is 16.7. The topological polar surface area (TPSA) is 73.7 Å². The molecule has 0 N–H and O–H groups in total. The van der Waals surface area contributed by atoms with Crippen LogP contribution in [0.1, 0.15) is 22.8 Å². The van der Waals surface area contributed by atoms with E-state index in [1.807, 2.05) is 36.5 Å². The van der Waals surface area contributed by atoms with Crippen molar-refractivity contribution in [2.24, 2.45) is 0 Å². The summed E-state index contributed by atoms with van der Waals surface area (Å²) in [5, 5.41) is 4.34. The summed E-state index contributed by atoms with van der Waals surface area (Å²) in [7, 11) is 3.20. The van der Waals surface area contributed by atoms with E-state index < -0.39 is 0 Å². The maximum Gasteiger partial charge on any atom is 0.260 e. The van der Waals surface area contributed by atoms with Crippen LogP contribution in [0.15, 0.2) is 60.9 Å². The van der Waals surface area contributed by atoms with E-state index >= 15 is 0 Å². The first-order valence-corrected chi connectivity index (χ1v) is 9.12. The molecule has 150 valence electrons. The van der Waals surface area contributed by atoms with Crippen molar-refractivity contribution in [3.05, 3.63) is 72.1 Å². The van der Waals surface area contributed by atoms with Gasteiger partial charge in [-0.25, -0.2) is 4.68 Å². The van der Waals surface area contributed by atoms with Crippen LogP contribution in [0.4, 0.5) is 0 Å². The molecular formula is C22H23N3O4. The lowest BCUT2D eigenvalue weighted by Crippen LogP contribution is -2.30. The number of carbonyl (C=O) groups excluding carboxylic acids is 2. The lowest BCUT2D eigenvalue weighted by atomic mass is 10.1. The molecule has 3 aromatic rings. The summed E-state index contributed by atoms with van der Waals surface area (Å²) >= 11 is 0. The fraction of sp³-hybridized carbons (Fsp3) is 0.227. The molecule has 1 amide bonds. The lowest BCUT2D eigenvalue weighted by molar-refractivity contribution is -0.132. The number of benzene rings is 2. The fourth-order valence-electron chi connectivity index (χ4n) is 2.78. The van der Waals surface area contributed by atoms with Crippen LogP contribution in [-0.4, -0.2) is 47.1 Å². The first-order valence-electron chi connectivity index (χ1n) is 9.12. The Labute approximate surface area is 169 Å². The molecule has 0 aliphatic rings. The standard InChI is InChI=1S/C22H23N3O4/c1-16(26)18-9-10-20(21(11-18)28-3)29-15-22(27)24(2)13-17-12-23-25(14-17)19-7-5-4-6-8-19/h4-12,14H,13,15H2,1-3H3. The van der Waals surface area contributed by atoms with Gasteiger partial charge in [-0.3, -0.25) is 9.59 Å². The van der Waals surface area contributed by atoms with Crippen molar-refractivity contribution in [3.8, 4) is 17.2 Å². The summed E-state index contributed by atoms with van der Waals surface area (Å²) in [4.78, 5) is 25.5. The van der Waals surface area contributed by atoms with Crippen molar-refractivity contribution in [3.63, 3.8) is 0 Å². The second-order valence-electron chi connectivity index (χ2n) is 6.59. The molecule has 0 saturated heterocycles. The van der Waals surface area contributed by atoms with E-state index in [2.05, 4.69) is 5.10 Å². The summed E-state index contributed by atoms with van der Waals surface area (Å²) < 4.78 is 12.6. The number of amides is 1. The maximum absolute atomic E-state index is 12.5. The minimum Gasteiger partial charge on any atom is -0.493 e. The predicted octanol–water partition coefficient (Wildman–Crippen LogP) is 3.12. The number of hydrogen-bond donors (Lipinski definition) is 0. The molecule has 7 nitrogen and oxygen atoms in total. The molecule has 0 spiro atoms. The summed E-state index contributed by atoms with van der Waals surface area (Å²) in [5.74, 6) is 0.574. The van der Waals surface area contributed by atoms with Crippen molar-refractivity contribution >= 4 is 11.7 Å². The van der Waals surface area contributed by atoms with Crippen LogP contribution in [0.2, 0.25) is 0 Å². The number of nitrogens with zero attached hydrogens (tertiary/aromatic N) is 3. The van der Waals surface area contributed by atoms with Gasteiger partial charge in [0.25, 0.3) is 5.91 Å². The Kier molecular flexibility index (Phi) is 6.29. The third-order valence-electron chi connectivity index (χ3n) is 4.42. The largest absolute Gasteiger partial charge is 0.493 e. The van der Waals surface area contributed by atoms with Gasteiger partial charge in [0.2, 0.25) is 0 Å². The zero-order valence-electron chi connectivity index (χ0n) is 16.7. The lowest BCUT2D eigenvalue weighted by Gasteiger charge is -2.17. The minimum atomic E-state index is -0.185. The average molecular weight is 393 g/mol. The molecule has 0 aliphatic carbocycles. The van der Waals surface area contributed by atoms with Gasteiger partial charge in [-0.15, -0.1) is 0 Å². The highest BCUT2D eigenvalue weighted by Crippen LogP contribution is 2.28. The summed E-state index contributed by atoms with van der Waals surface area (Å²) in [6.07, 6.45) is 3.63. The molecule has 0 fully saturated rings. The number of likely N-dealkylation sites (N-methyl/N-ethyl adjacent to an activating group) is 1. The molecule has 29 heavy (non-hydrogen) atoms. The van der Waals surface area contributed by atoms with Crippen molar-refractivity contribution < 1.29 is 19.1 Å². The van der Waals surface area contributed by atoms with E-state index in [0.29, 0.717) is 23.6 Å². The minimum absolute atomic E-state index is 0.0679. The van der Waals surface area contributed by atoms with E-state index in [-0.39, 0.29) is 18.3 Å². The molecule has 3 rings (SSSR count). The third kappa shape index (κ3) is 5.01. The monoisotopic (exact) mass is 393 g/mol. The van der Waals surface area contributed by atoms with Gasteiger partial charge in [0.1, 0.15) is 0 Å². The molecule has 7 heteroatoms. The van der Waals surface area contributed by atoms with Crippen LogP contribution >= 0.6 is 0 Å². The quantitative estimate of drug-likeness (QED) is 0.550. The highest BCUT2D eigenvalue weighted by molar-refractivity contribution is 5.94. The molecule has 0 saturated carbocycles. The normalized spacial score (nSPS) is 10.4. The molecule has 2 aromatic carbocycles. The van der Waals surface area contributed by atoms with Crippen molar-refractivity contribution in [2.75, 3.05) is 20.8 Å². The Hall–Kier alpha value is -3.61. The highest BCUT2D eigenvalue weighted by Gasteiger charge is 2.14. The van der Waals surface area contributed by atoms with Crippen molar-refractivity contribution in [1.82, 2.24) is 14.7 Å². The van der Waals surface area contributed by atoms with Gasteiger partial charge >= 0.3 is 0 Å². The second kappa shape index (κ2) is 9.05. The summed E-state index contributed by atoms with van der Waals surface area (Å²) in [5.41, 5.74) is 2.39. The zero-order chi connectivity index (χ0) is 20.8. The van der Waals surface area contributed by atoms with Crippen molar-refractivity contribution in [2.45, 2.75) is 13.5 Å². The predicted molar refractivity (Wildman–Crippen MR) is 109 cm³/mol. The molecule has 0 radical (unpaired) electrons. The van der Waals surface area contributed by atoms with Gasteiger partial charge < -0.3 is 14.4 Å². The van der Waals surface area contributed by atoms with Crippen LogP contribution in [0.3, 0.4) is 0 Å². The molecule has 0 bridgehead atoms. The SMILES string of the molecule is COc1cc(C(C)=O)ccc1OCC(=O)N(C)Cc1cnn(-c2ccccc2)c1. The van der Waals surface area contributed by atoms with E-state index in [4.69, 9.17) is 9.47 Å². The van der Waals surface area contributed by atoms with E-state index in [1.165, 1.54) is 14.0 Å². The number of Topliss-reactive ketones (excluding diaryl/α,β-unsaturated/α-hetero) is 1. The Bertz CT molecular complexity index is 998. The number of para-hydroxylation sites is 1. The van der Waals surface area contributed by atoms with Crippen LogP contribution in [0, 0.1) is 0 Å². The van der Waals surface area contributed by atoms with Crippen LogP contribution in [0.25, 0.3) is 5.69 Å². The molecule has 0 aliphatic heterocycles. The number of hydrogen-bond acceptors (Lipinski definition) is 5. The summed E-state index contributed by atoms with van der Waals surface area (Å²) in [6.45, 7) is 1.75. The molecule has 1 aromatic heterocycles. The maximum atomic E-state index is 12.5. The van der Waals surface area contributed by atoms with Gasteiger partial charge in [0, 0.05) is 30.9 Å².